The fourth-order valence-corrected chi connectivity index (χ4v) is 3.60. The second kappa shape index (κ2) is 5.80. The Hall–Kier alpha value is -0.600. The Morgan fingerprint density at radius 1 is 1.11 bits per heavy atom. The second-order valence-corrected chi connectivity index (χ2v) is 7.86. The molecule has 0 saturated heterocycles. The van der Waals surface area contributed by atoms with Crippen LogP contribution < -0.4 is 4.72 Å². The molecule has 0 aliphatic carbocycles. The van der Waals surface area contributed by atoms with Gasteiger partial charge in [0.05, 0.1) is 10.6 Å². The number of nitrogens with one attached hydrogen (secondary N) is 1. The maximum Gasteiger partial charge on any atom is 0.261 e. The molecule has 0 amide bonds. The smallest absolute Gasteiger partial charge is 0.261 e. The van der Waals surface area contributed by atoms with E-state index in [1.807, 2.05) is 19.1 Å². The zero-order valence-corrected chi connectivity index (χ0v) is 14.6. The predicted octanol–water partition coefficient (Wildman–Crippen LogP) is 4.16. The van der Waals surface area contributed by atoms with Crippen LogP contribution in [0.1, 0.15) is 5.56 Å². The van der Waals surface area contributed by atoms with Crippen molar-refractivity contribution in [3.8, 4) is 0 Å². The molecule has 3 nitrogen and oxygen atoms in total. The lowest BCUT2D eigenvalue weighted by Crippen LogP contribution is -2.13. The van der Waals surface area contributed by atoms with Gasteiger partial charge in [-0.3, -0.25) is 4.72 Å². The summed E-state index contributed by atoms with van der Waals surface area (Å²) in [6, 6.07) is 12.1. The first kappa shape index (κ1) is 14.8. The van der Waals surface area contributed by atoms with Crippen LogP contribution in [-0.4, -0.2) is 8.42 Å². The van der Waals surface area contributed by atoms with Crippen molar-refractivity contribution in [2.24, 2.45) is 0 Å². The molecule has 0 unspecified atom stereocenters. The number of hydrogen-bond donors (Lipinski definition) is 1. The molecule has 0 spiro atoms. The van der Waals surface area contributed by atoms with Gasteiger partial charge in [0.1, 0.15) is 0 Å². The third-order valence-electron chi connectivity index (χ3n) is 2.56. The Morgan fingerprint density at radius 3 is 2.32 bits per heavy atom. The summed E-state index contributed by atoms with van der Waals surface area (Å²) in [4.78, 5) is 0.244. The van der Waals surface area contributed by atoms with Gasteiger partial charge in [-0.15, -0.1) is 0 Å². The zero-order valence-electron chi connectivity index (χ0n) is 10.0. The van der Waals surface area contributed by atoms with E-state index in [9.17, 15) is 8.42 Å². The van der Waals surface area contributed by atoms with Gasteiger partial charge in [0.2, 0.25) is 0 Å². The molecule has 1 N–H and O–H groups in total. The fraction of sp³-hybridized carbons (Fsp3) is 0.0769. The summed E-state index contributed by atoms with van der Waals surface area (Å²) in [5, 5.41) is 0. The van der Waals surface area contributed by atoms with Crippen LogP contribution in [-0.2, 0) is 10.0 Å². The summed E-state index contributed by atoms with van der Waals surface area (Å²) in [6.45, 7) is 1.88. The van der Waals surface area contributed by atoms with Crippen LogP contribution in [0.4, 0.5) is 5.69 Å². The van der Waals surface area contributed by atoms with Crippen molar-refractivity contribution in [2.45, 2.75) is 11.8 Å². The molecule has 19 heavy (non-hydrogen) atoms. The number of benzene rings is 2. The van der Waals surface area contributed by atoms with Crippen LogP contribution in [0.5, 0.6) is 0 Å². The number of anilines is 1. The quantitative estimate of drug-likeness (QED) is 0.712. The highest BCUT2D eigenvalue weighted by atomic mass is 127. The molecule has 0 atom stereocenters. The van der Waals surface area contributed by atoms with Gasteiger partial charge in [-0.25, -0.2) is 8.42 Å². The molecule has 0 aliphatic rings. The maximum absolute atomic E-state index is 12.2. The molecule has 0 aromatic heterocycles. The summed E-state index contributed by atoms with van der Waals surface area (Å²) < 4.78 is 29.0. The van der Waals surface area contributed by atoms with Crippen LogP contribution in [0.15, 0.2) is 51.8 Å². The Balaban J connectivity index is 2.33. The van der Waals surface area contributed by atoms with Gasteiger partial charge < -0.3 is 0 Å². The molecule has 2 aromatic carbocycles. The standard InChI is InChI=1S/C13H11BrINO2S/c1-9-8-11(15)4-7-13(9)16-19(17,18)12-5-2-10(14)3-6-12/h2-8,16H,1H3. The minimum Gasteiger partial charge on any atom is -0.279 e. The molecule has 0 saturated carbocycles. The predicted molar refractivity (Wildman–Crippen MR) is 88.8 cm³/mol. The molecular formula is C13H11BrINO2S. The first-order chi connectivity index (χ1) is 8.88. The first-order valence-electron chi connectivity index (χ1n) is 5.43. The van der Waals surface area contributed by atoms with Crippen molar-refractivity contribution < 1.29 is 8.42 Å². The van der Waals surface area contributed by atoms with Crippen molar-refractivity contribution in [2.75, 3.05) is 4.72 Å². The Labute approximate surface area is 134 Å². The van der Waals surface area contributed by atoms with Gasteiger partial charge in [0.25, 0.3) is 10.0 Å². The van der Waals surface area contributed by atoms with Gasteiger partial charge in [0.15, 0.2) is 0 Å². The average Bonchev–Trinajstić information content (AvgIpc) is 2.33. The molecule has 2 aromatic rings. The van der Waals surface area contributed by atoms with Crippen molar-refractivity contribution >= 4 is 54.2 Å². The highest BCUT2D eigenvalue weighted by Gasteiger charge is 2.14. The molecule has 0 heterocycles. The Kier molecular flexibility index (Phi) is 4.52. The lowest BCUT2D eigenvalue weighted by atomic mass is 10.2. The molecule has 0 bridgehead atoms. The molecule has 100 valence electrons. The van der Waals surface area contributed by atoms with Crippen molar-refractivity contribution in [1.29, 1.82) is 0 Å². The topological polar surface area (TPSA) is 46.2 Å². The van der Waals surface area contributed by atoms with E-state index in [-0.39, 0.29) is 4.90 Å². The molecule has 6 heteroatoms. The monoisotopic (exact) mass is 451 g/mol. The van der Waals surface area contributed by atoms with E-state index >= 15 is 0 Å². The lowest BCUT2D eigenvalue weighted by molar-refractivity contribution is 0.601. The van der Waals surface area contributed by atoms with Crippen LogP contribution in [0.3, 0.4) is 0 Å². The molecule has 0 fully saturated rings. The summed E-state index contributed by atoms with van der Waals surface area (Å²) in [5.41, 5.74) is 1.50. The summed E-state index contributed by atoms with van der Waals surface area (Å²) >= 11 is 5.47. The second-order valence-electron chi connectivity index (χ2n) is 4.02. The van der Waals surface area contributed by atoms with Gasteiger partial charge in [0, 0.05) is 8.04 Å². The highest BCUT2D eigenvalue weighted by Crippen LogP contribution is 2.22. The summed E-state index contributed by atoms with van der Waals surface area (Å²) in [6.07, 6.45) is 0. The first-order valence-corrected chi connectivity index (χ1v) is 8.78. The third-order valence-corrected chi connectivity index (χ3v) is 5.14. The number of aryl methyl sites for hydroxylation is 1. The number of hydrogen-bond acceptors (Lipinski definition) is 2. The van der Waals surface area contributed by atoms with E-state index in [0.717, 1.165) is 13.6 Å². The zero-order chi connectivity index (χ0) is 14.0. The third kappa shape index (κ3) is 3.70. The highest BCUT2D eigenvalue weighted by molar-refractivity contribution is 14.1. The van der Waals surface area contributed by atoms with E-state index < -0.39 is 10.0 Å². The Bertz CT molecular complexity index is 699. The van der Waals surface area contributed by atoms with Gasteiger partial charge >= 0.3 is 0 Å². The van der Waals surface area contributed by atoms with Crippen LogP contribution >= 0.6 is 38.5 Å². The minimum absolute atomic E-state index is 0.244. The molecular weight excluding hydrogens is 441 g/mol. The van der Waals surface area contributed by atoms with Gasteiger partial charge in [-0.2, -0.15) is 0 Å². The fourth-order valence-electron chi connectivity index (χ4n) is 1.56. The Morgan fingerprint density at radius 2 is 1.74 bits per heavy atom. The number of halogens is 2. The largest absolute Gasteiger partial charge is 0.279 e. The van der Waals surface area contributed by atoms with E-state index in [0.29, 0.717) is 5.69 Å². The van der Waals surface area contributed by atoms with E-state index in [1.54, 1.807) is 30.3 Å². The van der Waals surface area contributed by atoms with Gasteiger partial charge in [-0.1, -0.05) is 15.9 Å². The number of rotatable bonds is 3. The number of sulfonamides is 1. The minimum atomic E-state index is -3.54. The van der Waals surface area contributed by atoms with Crippen molar-refractivity contribution in [1.82, 2.24) is 0 Å². The molecule has 0 radical (unpaired) electrons. The molecule has 0 aliphatic heterocycles. The van der Waals surface area contributed by atoms with Crippen LogP contribution in [0, 0.1) is 10.5 Å². The van der Waals surface area contributed by atoms with Crippen molar-refractivity contribution in [3.63, 3.8) is 0 Å². The van der Waals surface area contributed by atoms with E-state index in [4.69, 9.17) is 0 Å². The van der Waals surface area contributed by atoms with E-state index in [2.05, 4.69) is 43.2 Å². The molecule has 2 rings (SSSR count). The SMILES string of the molecule is Cc1cc(I)ccc1NS(=O)(=O)c1ccc(Br)cc1. The normalized spacial score (nSPS) is 11.3. The van der Waals surface area contributed by atoms with Crippen LogP contribution in [0.2, 0.25) is 0 Å². The van der Waals surface area contributed by atoms with Gasteiger partial charge in [-0.05, 0) is 77.5 Å². The lowest BCUT2D eigenvalue weighted by Gasteiger charge is -2.11. The van der Waals surface area contributed by atoms with Crippen LogP contribution in [0.25, 0.3) is 0 Å². The summed E-state index contributed by atoms with van der Waals surface area (Å²) in [7, 11) is -3.54. The maximum atomic E-state index is 12.2. The van der Waals surface area contributed by atoms with E-state index in [1.165, 1.54) is 0 Å². The van der Waals surface area contributed by atoms with Crippen molar-refractivity contribution in [3.05, 3.63) is 56.1 Å². The summed E-state index contributed by atoms with van der Waals surface area (Å²) in [5.74, 6) is 0. The average molecular weight is 452 g/mol.